The Kier molecular flexibility index (Phi) is 3.49. The Morgan fingerprint density at radius 2 is 1.84 bits per heavy atom. The molecule has 0 aromatic carbocycles. The fourth-order valence-electron chi connectivity index (χ4n) is 1.57. The number of halogens is 1. The summed E-state index contributed by atoms with van der Waals surface area (Å²) in [6.07, 6.45) is 0. The van der Waals surface area contributed by atoms with Gasteiger partial charge in [0.25, 0.3) is 0 Å². The minimum atomic E-state index is -0.151. The van der Waals surface area contributed by atoms with Crippen molar-refractivity contribution >= 4 is 23.2 Å². The minimum Gasteiger partial charge on any atom is -0.323 e. The third kappa shape index (κ3) is 3.23. The second-order valence-electron chi connectivity index (χ2n) is 5.57. The molecule has 0 fully saturated rings. The highest BCUT2D eigenvalue weighted by Crippen LogP contribution is 2.23. The number of nitrogens with zero attached hydrogens (tertiary/aromatic N) is 4. The molecule has 0 radical (unpaired) electrons. The third-order valence-electron chi connectivity index (χ3n) is 2.74. The first-order chi connectivity index (χ1) is 8.75. The summed E-state index contributed by atoms with van der Waals surface area (Å²) in [7, 11) is 1.90. The lowest BCUT2D eigenvalue weighted by Crippen LogP contribution is -2.16. The van der Waals surface area contributed by atoms with Crippen LogP contribution in [-0.2, 0) is 12.5 Å². The Labute approximate surface area is 118 Å². The first-order valence-corrected chi connectivity index (χ1v) is 6.46. The zero-order chi connectivity index (χ0) is 14.2. The van der Waals surface area contributed by atoms with Crippen molar-refractivity contribution in [2.75, 3.05) is 5.32 Å². The zero-order valence-corrected chi connectivity index (χ0v) is 12.6. The van der Waals surface area contributed by atoms with E-state index < -0.39 is 0 Å². The fraction of sp³-hybridized carbons (Fsp3) is 0.462. The maximum atomic E-state index is 6.04. The maximum Gasteiger partial charge on any atom is 0.153 e. The van der Waals surface area contributed by atoms with E-state index in [-0.39, 0.29) is 5.41 Å². The normalized spacial score (nSPS) is 11.7. The molecule has 2 heterocycles. The van der Waals surface area contributed by atoms with Crippen molar-refractivity contribution in [1.82, 2.24) is 19.7 Å². The van der Waals surface area contributed by atoms with E-state index in [1.54, 1.807) is 10.7 Å². The predicted molar refractivity (Wildman–Crippen MR) is 77.0 cm³/mol. The molecule has 1 N–H and O–H groups in total. The van der Waals surface area contributed by atoms with Gasteiger partial charge in [0.05, 0.1) is 0 Å². The second kappa shape index (κ2) is 4.81. The van der Waals surface area contributed by atoms with Crippen molar-refractivity contribution < 1.29 is 0 Å². The molecule has 19 heavy (non-hydrogen) atoms. The molecule has 0 aliphatic heterocycles. The Hall–Kier alpha value is -1.62. The van der Waals surface area contributed by atoms with E-state index in [1.807, 2.05) is 40.8 Å². The lowest BCUT2D eigenvalue weighted by Gasteiger charge is -2.17. The van der Waals surface area contributed by atoms with Gasteiger partial charge in [0.15, 0.2) is 5.82 Å². The van der Waals surface area contributed by atoms with Crippen LogP contribution in [0.15, 0.2) is 12.1 Å². The van der Waals surface area contributed by atoms with Gasteiger partial charge in [-0.15, -0.1) is 0 Å². The molecular weight excluding hydrogens is 262 g/mol. The van der Waals surface area contributed by atoms with Gasteiger partial charge < -0.3 is 5.32 Å². The van der Waals surface area contributed by atoms with Crippen molar-refractivity contribution in [3.63, 3.8) is 0 Å². The molecule has 102 valence electrons. The molecule has 2 aromatic rings. The van der Waals surface area contributed by atoms with Crippen LogP contribution in [0.4, 0.5) is 11.6 Å². The Morgan fingerprint density at radius 1 is 1.16 bits per heavy atom. The molecule has 2 aromatic heterocycles. The third-order valence-corrected chi connectivity index (χ3v) is 2.93. The molecule has 0 bridgehead atoms. The summed E-state index contributed by atoms with van der Waals surface area (Å²) in [5, 5.41) is 7.91. The van der Waals surface area contributed by atoms with Crippen LogP contribution < -0.4 is 5.32 Å². The van der Waals surface area contributed by atoms with Crippen LogP contribution in [0.1, 0.15) is 32.3 Å². The predicted octanol–water partition coefficient (Wildman–Crippen LogP) is 3.21. The summed E-state index contributed by atoms with van der Waals surface area (Å²) in [5.41, 5.74) is 0.917. The number of anilines is 2. The SMILES string of the molecule is Cc1cc(Nc2cc(Cl)nc(C(C)(C)C)n2)nn1C. The van der Waals surface area contributed by atoms with Crippen LogP contribution >= 0.6 is 11.6 Å². The molecule has 0 saturated carbocycles. The van der Waals surface area contributed by atoms with Crippen LogP contribution in [-0.4, -0.2) is 19.7 Å². The van der Waals surface area contributed by atoms with Crippen LogP contribution in [0.3, 0.4) is 0 Å². The molecule has 0 unspecified atom stereocenters. The Balaban J connectivity index is 2.32. The van der Waals surface area contributed by atoms with Gasteiger partial charge in [-0.25, -0.2) is 9.97 Å². The Morgan fingerprint density at radius 3 is 2.37 bits per heavy atom. The average Bonchev–Trinajstić information content (AvgIpc) is 2.55. The number of rotatable bonds is 2. The summed E-state index contributed by atoms with van der Waals surface area (Å²) in [4.78, 5) is 8.74. The average molecular weight is 280 g/mol. The van der Waals surface area contributed by atoms with Crippen LogP contribution in [0.2, 0.25) is 5.15 Å². The largest absolute Gasteiger partial charge is 0.323 e. The van der Waals surface area contributed by atoms with E-state index in [2.05, 4.69) is 20.4 Å². The van der Waals surface area contributed by atoms with Crippen molar-refractivity contribution in [2.45, 2.75) is 33.1 Å². The van der Waals surface area contributed by atoms with E-state index in [0.29, 0.717) is 16.8 Å². The molecule has 0 atom stereocenters. The quantitative estimate of drug-likeness (QED) is 0.858. The topological polar surface area (TPSA) is 55.6 Å². The van der Waals surface area contributed by atoms with Gasteiger partial charge in [-0.1, -0.05) is 32.4 Å². The van der Waals surface area contributed by atoms with E-state index in [0.717, 1.165) is 11.5 Å². The summed E-state index contributed by atoms with van der Waals surface area (Å²) in [6, 6.07) is 3.65. The zero-order valence-electron chi connectivity index (χ0n) is 11.8. The van der Waals surface area contributed by atoms with E-state index in [1.165, 1.54) is 0 Å². The number of aromatic nitrogens is 4. The molecule has 6 heteroatoms. The lowest BCUT2D eigenvalue weighted by molar-refractivity contribution is 0.546. The standard InChI is InChI=1S/C13H18ClN5/c1-8-6-11(18-19(8)5)16-10-7-9(14)15-12(17-10)13(2,3)4/h6-7H,1-5H3,(H,15,16,17,18). The number of hydrogen-bond donors (Lipinski definition) is 1. The van der Waals surface area contributed by atoms with Gasteiger partial charge in [-0.2, -0.15) is 5.10 Å². The molecule has 0 aliphatic carbocycles. The molecule has 5 nitrogen and oxygen atoms in total. The van der Waals surface area contributed by atoms with Crippen molar-refractivity contribution in [3.8, 4) is 0 Å². The number of aryl methyl sites for hydroxylation is 2. The number of hydrogen-bond acceptors (Lipinski definition) is 4. The molecule has 2 rings (SSSR count). The summed E-state index contributed by atoms with van der Waals surface area (Å²) >= 11 is 6.04. The smallest absolute Gasteiger partial charge is 0.153 e. The Bertz CT molecular complexity index is 578. The number of nitrogens with one attached hydrogen (secondary N) is 1. The van der Waals surface area contributed by atoms with Crippen molar-refractivity contribution in [1.29, 1.82) is 0 Å². The molecule has 0 spiro atoms. The van der Waals surface area contributed by atoms with Crippen LogP contribution in [0.5, 0.6) is 0 Å². The summed E-state index contributed by atoms with van der Waals surface area (Å²) in [5.74, 6) is 2.10. The molecular formula is C13H18ClN5. The van der Waals surface area contributed by atoms with Gasteiger partial charge in [-0.3, -0.25) is 4.68 Å². The molecule has 0 amide bonds. The first-order valence-electron chi connectivity index (χ1n) is 6.08. The van der Waals surface area contributed by atoms with Gasteiger partial charge in [0.1, 0.15) is 16.8 Å². The second-order valence-corrected chi connectivity index (χ2v) is 5.96. The van der Waals surface area contributed by atoms with Crippen LogP contribution in [0, 0.1) is 6.92 Å². The maximum absolute atomic E-state index is 6.04. The van der Waals surface area contributed by atoms with Gasteiger partial charge >= 0.3 is 0 Å². The van der Waals surface area contributed by atoms with Crippen molar-refractivity contribution in [2.24, 2.45) is 7.05 Å². The molecule has 0 aliphatic rings. The van der Waals surface area contributed by atoms with E-state index >= 15 is 0 Å². The summed E-state index contributed by atoms with van der Waals surface area (Å²) < 4.78 is 1.80. The monoisotopic (exact) mass is 279 g/mol. The van der Waals surface area contributed by atoms with Crippen LogP contribution in [0.25, 0.3) is 0 Å². The van der Waals surface area contributed by atoms with Gasteiger partial charge in [0.2, 0.25) is 0 Å². The lowest BCUT2D eigenvalue weighted by atomic mass is 9.96. The molecule has 0 saturated heterocycles. The highest BCUT2D eigenvalue weighted by molar-refractivity contribution is 6.29. The minimum absolute atomic E-state index is 0.151. The van der Waals surface area contributed by atoms with Crippen molar-refractivity contribution in [3.05, 3.63) is 28.8 Å². The van der Waals surface area contributed by atoms with E-state index in [9.17, 15) is 0 Å². The van der Waals surface area contributed by atoms with E-state index in [4.69, 9.17) is 11.6 Å². The highest BCUT2D eigenvalue weighted by atomic mass is 35.5. The van der Waals surface area contributed by atoms with Gasteiger partial charge in [-0.05, 0) is 6.92 Å². The first kappa shape index (κ1) is 13.8. The fourth-order valence-corrected chi connectivity index (χ4v) is 1.75. The van der Waals surface area contributed by atoms with Gasteiger partial charge in [0, 0.05) is 30.3 Å². The summed E-state index contributed by atoms with van der Waals surface area (Å²) in [6.45, 7) is 8.14. The highest BCUT2D eigenvalue weighted by Gasteiger charge is 2.19.